The summed E-state index contributed by atoms with van der Waals surface area (Å²) in [6.07, 6.45) is 0.960. The molecule has 2 nitrogen and oxygen atoms in total. The second kappa shape index (κ2) is 7.82. The van der Waals surface area contributed by atoms with Gasteiger partial charge < -0.3 is 10.4 Å². The number of aliphatic hydroxyl groups is 1. The molecule has 0 saturated heterocycles. The zero-order valence-corrected chi connectivity index (χ0v) is 11.0. The first-order chi connectivity index (χ1) is 7.76. The molecule has 0 radical (unpaired) electrons. The number of nitrogens with one attached hydrogen (secondary N) is 1. The van der Waals surface area contributed by atoms with E-state index in [0.29, 0.717) is 5.02 Å². The zero-order valence-electron chi connectivity index (χ0n) is 9.45. The lowest BCUT2D eigenvalue weighted by Gasteiger charge is -2.17. The number of thioether (sulfide) groups is 1. The van der Waals surface area contributed by atoms with Crippen molar-refractivity contribution in [2.45, 2.75) is 19.4 Å². The van der Waals surface area contributed by atoms with Crippen molar-refractivity contribution in [3.63, 3.8) is 0 Å². The van der Waals surface area contributed by atoms with Gasteiger partial charge in [-0.25, -0.2) is 0 Å². The Balaban J connectivity index is 2.43. The molecule has 0 bridgehead atoms. The van der Waals surface area contributed by atoms with Crippen LogP contribution in [0.1, 0.15) is 13.3 Å². The molecule has 0 saturated carbocycles. The molecule has 0 amide bonds. The predicted molar refractivity (Wildman–Crippen MR) is 73.6 cm³/mol. The van der Waals surface area contributed by atoms with Crippen LogP contribution in [0.3, 0.4) is 0 Å². The van der Waals surface area contributed by atoms with Gasteiger partial charge >= 0.3 is 0 Å². The van der Waals surface area contributed by atoms with Crippen LogP contribution in [0, 0.1) is 0 Å². The maximum atomic E-state index is 9.25. The van der Waals surface area contributed by atoms with E-state index in [-0.39, 0.29) is 12.6 Å². The molecule has 1 aromatic carbocycles. The fourth-order valence-corrected chi connectivity index (χ4v) is 2.32. The van der Waals surface area contributed by atoms with Crippen LogP contribution >= 0.6 is 23.4 Å². The third kappa shape index (κ3) is 5.10. The molecular weight excluding hydrogens is 242 g/mol. The molecule has 1 unspecified atom stereocenters. The number of halogens is 1. The van der Waals surface area contributed by atoms with E-state index in [1.54, 1.807) is 0 Å². The van der Waals surface area contributed by atoms with E-state index in [2.05, 4.69) is 12.2 Å². The first-order valence-electron chi connectivity index (χ1n) is 5.47. The standard InChI is InChI=1S/C12H18ClNOS/c1-2-16-7-6-12(9-15)14-11-5-3-4-10(13)8-11/h3-5,8,12,14-15H,2,6-7,9H2,1H3. The van der Waals surface area contributed by atoms with E-state index in [1.807, 2.05) is 36.0 Å². The van der Waals surface area contributed by atoms with Gasteiger partial charge in [-0.1, -0.05) is 24.6 Å². The molecular formula is C12H18ClNOS. The molecule has 1 rings (SSSR count). The van der Waals surface area contributed by atoms with Crippen molar-refractivity contribution in [2.75, 3.05) is 23.4 Å². The summed E-state index contributed by atoms with van der Waals surface area (Å²) in [6.45, 7) is 2.29. The molecule has 0 aliphatic heterocycles. The summed E-state index contributed by atoms with van der Waals surface area (Å²) in [5, 5.41) is 13.2. The van der Waals surface area contributed by atoms with Crippen LogP contribution in [0.4, 0.5) is 5.69 Å². The van der Waals surface area contributed by atoms with E-state index >= 15 is 0 Å². The molecule has 1 aromatic rings. The average Bonchev–Trinajstić information content (AvgIpc) is 2.28. The summed E-state index contributed by atoms with van der Waals surface area (Å²) in [7, 11) is 0. The topological polar surface area (TPSA) is 32.3 Å². The average molecular weight is 260 g/mol. The highest BCUT2D eigenvalue weighted by molar-refractivity contribution is 7.99. The summed E-state index contributed by atoms with van der Waals surface area (Å²) < 4.78 is 0. The van der Waals surface area contributed by atoms with Crippen molar-refractivity contribution >= 4 is 29.1 Å². The van der Waals surface area contributed by atoms with Crippen molar-refractivity contribution in [1.29, 1.82) is 0 Å². The monoisotopic (exact) mass is 259 g/mol. The number of rotatable bonds is 7. The highest BCUT2D eigenvalue weighted by atomic mass is 35.5. The van der Waals surface area contributed by atoms with Gasteiger partial charge in [-0.2, -0.15) is 11.8 Å². The van der Waals surface area contributed by atoms with Gasteiger partial charge in [-0.3, -0.25) is 0 Å². The molecule has 2 N–H and O–H groups in total. The Hall–Kier alpha value is -0.380. The summed E-state index contributed by atoms with van der Waals surface area (Å²) in [6, 6.07) is 7.68. The lowest BCUT2D eigenvalue weighted by Crippen LogP contribution is -2.24. The van der Waals surface area contributed by atoms with Gasteiger partial charge in [0.15, 0.2) is 0 Å². The molecule has 0 fully saturated rings. The van der Waals surface area contributed by atoms with Crippen molar-refractivity contribution in [1.82, 2.24) is 0 Å². The van der Waals surface area contributed by atoms with Gasteiger partial charge in [-0.05, 0) is 36.1 Å². The van der Waals surface area contributed by atoms with Gasteiger partial charge in [0.25, 0.3) is 0 Å². The molecule has 0 aliphatic rings. The van der Waals surface area contributed by atoms with Crippen molar-refractivity contribution in [2.24, 2.45) is 0 Å². The number of hydrogen-bond acceptors (Lipinski definition) is 3. The van der Waals surface area contributed by atoms with Crippen molar-refractivity contribution in [3.05, 3.63) is 29.3 Å². The smallest absolute Gasteiger partial charge is 0.0633 e. The van der Waals surface area contributed by atoms with Crippen LogP contribution in [0.2, 0.25) is 5.02 Å². The Morgan fingerprint density at radius 1 is 1.50 bits per heavy atom. The Kier molecular flexibility index (Phi) is 6.69. The minimum Gasteiger partial charge on any atom is -0.394 e. The first-order valence-corrected chi connectivity index (χ1v) is 7.00. The Morgan fingerprint density at radius 3 is 2.94 bits per heavy atom. The zero-order chi connectivity index (χ0) is 11.8. The fourth-order valence-electron chi connectivity index (χ4n) is 1.39. The van der Waals surface area contributed by atoms with Gasteiger partial charge in [0.05, 0.1) is 6.61 Å². The van der Waals surface area contributed by atoms with Crippen LogP contribution in [0.15, 0.2) is 24.3 Å². The highest BCUT2D eigenvalue weighted by Gasteiger charge is 2.06. The third-order valence-electron chi connectivity index (χ3n) is 2.23. The quantitative estimate of drug-likeness (QED) is 0.738. The van der Waals surface area contributed by atoms with Crippen molar-refractivity contribution < 1.29 is 5.11 Å². The van der Waals surface area contributed by atoms with Gasteiger partial charge in [0.2, 0.25) is 0 Å². The maximum absolute atomic E-state index is 9.25. The SMILES string of the molecule is CCSCCC(CO)Nc1cccc(Cl)c1. The van der Waals surface area contributed by atoms with Gasteiger partial charge in [-0.15, -0.1) is 0 Å². The van der Waals surface area contributed by atoms with Crippen LogP contribution in [-0.2, 0) is 0 Å². The number of anilines is 1. The molecule has 0 aliphatic carbocycles. The molecule has 0 spiro atoms. The molecule has 1 atom stereocenters. The van der Waals surface area contributed by atoms with Gasteiger partial charge in [0, 0.05) is 16.8 Å². The van der Waals surface area contributed by atoms with Crippen LogP contribution in [-0.4, -0.2) is 29.3 Å². The van der Waals surface area contributed by atoms with Crippen LogP contribution < -0.4 is 5.32 Å². The van der Waals surface area contributed by atoms with Crippen LogP contribution in [0.5, 0.6) is 0 Å². The Labute approximate surface area is 106 Å². The maximum Gasteiger partial charge on any atom is 0.0633 e. The minimum absolute atomic E-state index is 0.109. The second-order valence-electron chi connectivity index (χ2n) is 3.52. The van der Waals surface area contributed by atoms with E-state index in [1.165, 1.54) is 0 Å². The normalized spacial score (nSPS) is 12.4. The molecule has 90 valence electrons. The second-order valence-corrected chi connectivity index (χ2v) is 5.35. The molecule has 4 heteroatoms. The van der Waals surface area contributed by atoms with Crippen molar-refractivity contribution in [3.8, 4) is 0 Å². The van der Waals surface area contributed by atoms with E-state index in [9.17, 15) is 5.11 Å². The summed E-state index contributed by atoms with van der Waals surface area (Å²) in [5.41, 5.74) is 0.966. The first kappa shape index (κ1) is 13.7. The molecule has 16 heavy (non-hydrogen) atoms. The number of hydrogen-bond donors (Lipinski definition) is 2. The highest BCUT2D eigenvalue weighted by Crippen LogP contribution is 2.17. The number of aliphatic hydroxyl groups excluding tert-OH is 1. The van der Waals surface area contributed by atoms with E-state index in [0.717, 1.165) is 23.6 Å². The predicted octanol–water partition coefficient (Wildman–Crippen LogP) is 3.26. The van der Waals surface area contributed by atoms with Gasteiger partial charge in [0.1, 0.15) is 0 Å². The van der Waals surface area contributed by atoms with E-state index in [4.69, 9.17) is 11.6 Å². The Morgan fingerprint density at radius 2 is 2.31 bits per heavy atom. The fraction of sp³-hybridized carbons (Fsp3) is 0.500. The number of benzene rings is 1. The largest absolute Gasteiger partial charge is 0.394 e. The van der Waals surface area contributed by atoms with Crippen LogP contribution in [0.25, 0.3) is 0 Å². The molecule has 0 aromatic heterocycles. The Bertz CT molecular complexity index is 309. The minimum atomic E-state index is 0.109. The lowest BCUT2D eigenvalue weighted by molar-refractivity contribution is 0.272. The van der Waals surface area contributed by atoms with E-state index < -0.39 is 0 Å². The third-order valence-corrected chi connectivity index (χ3v) is 3.40. The summed E-state index contributed by atoms with van der Waals surface area (Å²) in [5.74, 6) is 2.19. The molecule has 0 heterocycles. The lowest BCUT2D eigenvalue weighted by atomic mass is 10.2. The summed E-state index contributed by atoms with van der Waals surface area (Å²) in [4.78, 5) is 0. The summed E-state index contributed by atoms with van der Waals surface area (Å²) >= 11 is 7.78.